The number of hydrogen-bond donors (Lipinski definition) is 1. The summed E-state index contributed by atoms with van der Waals surface area (Å²) in [5.41, 5.74) is 0. The van der Waals surface area contributed by atoms with Crippen molar-refractivity contribution in [3.8, 4) is 0 Å². The molecule has 0 aromatic rings. The van der Waals surface area contributed by atoms with Crippen LogP contribution in [0.4, 0.5) is 0 Å². The Morgan fingerprint density at radius 1 is 2.00 bits per heavy atom. The van der Waals surface area contributed by atoms with Crippen LogP contribution in [0.1, 0.15) is 0 Å². The summed E-state index contributed by atoms with van der Waals surface area (Å²) in [6.07, 6.45) is 1.44. The second-order valence-electron chi connectivity index (χ2n) is 0.777. The Hall–Kier alpha value is 0.0195. The van der Waals surface area contributed by atoms with Gasteiger partial charge in [-0.25, -0.2) is 0 Å². The molecule has 3 heteroatoms. The van der Waals surface area contributed by atoms with E-state index in [-0.39, 0.29) is 5.32 Å². The zero-order valence-electron chi connectivity index (χ0n) is 3.26. The van der Waals surface area contributed by atoms with Crippen molar-refractivity contribution in [1.82, 2.24) is 0 Å². The zero-order chi connectivity index (χ0) is 4.99. The second-order valence-corrected chi connectivity index (χ2v) is 2.83. The Bertz CT molecular complexity index is 69.2. The van der Waals surface area contributed by atoms with Gasteiger partial charge in [-0.05, 0) is 0 Å². The van der Waals surface area contributed by atoms with Crippen LogP contribution >= 0.6 is 0 Å². The fourth-order valence-corrected chi connectivity index (χ4v) is 0.524. The second kappa shape index (κ2) is 3.22. The molecule has 0 amide bonds. The van der Waals surface area contributed by atoms with E-state index in [9.17, 15) is 3.83 Å². The third-order valence-corrected chi connectivity index (χ3v) is 1.35. The van der Waals surface area contributed by atoms with Gasteiger partial charge in [0.1, 0.15) is 0 Å². The van der Waals surface area contributed by atoms with Gasteiger partial charge in [0.15, 0.2) is 0 Å². The first kappa shape index (κ1) is 6.02. The molecule has 0 aromatic carbocycles. The SMILES string of the molecule is C=CC[Se](=O)O. The maximum absolute atomic E-state index is 9.74. The Labute approximate surface area is 40.9 Å². The van der Waals surface area contributed by atoms with E-state index in [0.29, 0.717) is 0 Å². The first-order chi connectivity index (χ1) is 2.77. The molecule has 0 heterocycles. The van der Waals surface area contributed by atoms with Gasteiger partial charge in [-0.15, -0.1) is 0 Å². The Balaban J connectivity index is 3.05. The normalized spacial score (nSPS) is 13.5. The van der Waals surface area contributed by atoms with Crippen molar-refractivity contribution < 1.29 is 8.02 Å². The van der Waals surface area contributed by atoms with Crippen LogP contribution in [-0.2, 0) is 3.83 Å². The summed E-state index contributed by atoms with van der Waals surface area (Å²) >= 11 is -2.43. The van der Waals surface area contributed by atoms with E-state index in [0.717, 1.165) is 0 Å². The predicted molar refractivity (Wildman–Crippen MR) is 23.7 cm³/mol. The van der Waals surface area contributed by atoms with Crippen molar-refractivity contribution in [2.45, 2.75) is 5.32 Å². The summed E-state index contributed by atoms with van der Waals surface area (Å²) < 4.78 is 17.8. The number of rotatable bonds is 2. The molecule has 0 aliphatic carbocycles. The quantitative estimate of drug-likeness (QED) is 0.450. The average molecular weight is 153 g/mol. The van der Waals surface area contributed by atoms with Crippen molar-refractivity contribution in [1.29, 1.82) is 0 Å². The van der Waals surface area contributed by atoms with Crippen molar-refractivity contribution >= 4 is 14.2 Å². The molecule has 2 nitrogen and oxygen atoms in total. The Morgan fingerprint density at radius 2 is 2.50 bits per heavy atom. The van der Waals surface area contributed by atoms with Crippen LogP contribution in [0, 0.1) is 0 Å². The van der Waals surface area contributed by atoms with E-state index in [1.165, 1.54) is 6.08 Å². The predicted octanol–water partition coefficient (Wildman–Crippen LogP) is 0.0834. The zero-order valence-corrected chi connectivity index (χ0v) is 4.97. The van der Waals surface area contributed by atoms with Crippen molar-refractivity contribution in [2.75, 3.05) is 0 Å². The summed E-state index contributed by atoms with van der Waals surface area (Å²) in [5, 5.41) is 0.264. The minimum absolute atomic E-state index is 0.264. The molecule has 36 valence electrons. The average Bonchev–Trinajstić information content (AvgIpc) is 1.35. The van der Waals surface area contributed by atoms with Crippen molar-refractivity contribution in [2.24, 2.45) is 0 Å². The molecule has 1 unspecified atom stereocenters. The van der Waals surface area contributed by atoms with E-state index >= 15 is 0 Å². The van der Waals surface area contributed by atoms with Gasteiger partial charge in [0.2, 0.25) is 0 Å². The van der Waals surface area contributed by atoms with Gasteiger partial charge < -0.3 is 0 Å². The van der Waals surface area contributed by atoms with Crippen LogP contribution in [0.2, 0.25) is 5.32 Å². The minimum atomic E-state index is -2.43. The van der Waals surface area contributed by atoms with Gasteiger partial charge in [0.05, 0.1) is 0 Å². The molecule has 0 fully saturated rings. The van der Waals surface area contributed by atoms with E-state index in [1.54, 1.807) is 0 Å². The van der Waals surface area contributed by atoms with Crippen LogP contribution in [0.25, 0.3) is 0 Å². The summed E-state index contributed by atoms with van der Waals surface area (Å²) in [5.74, 6) is 0. The van der Waals surface area contributed by atoms with Crippen molar-refractivity contribution in [3.05, 3.63) is 12.7 Å². The molecular formula is C3H6O2Se. The van der Waals surface area contributed by atoms with Gasteiger partial charge in [-0.3, -0.25) is 0 Å². The topological polar surface area (TPSA) is 37.3 Å². The Morgan fingerprint density at radius 3 is 2.50 bits per heavy atom. The molecule has 0 radical (unpaired) electrons. The molecule has 0 aromatic heterocycles. The van der Waals surface area contributed by atoms with Crippen molar-refractivity contribution in [3.63, 3.8) is 0 Å². The maximum atomic E-state index is 9.74. The molecule has 6 heavy (non-hydrogen) atoms. The Kier molecular flexibility index (Phi) is 3.23. The molecular weight excluding hydrogens is 147 g/mol. The van der Waals surface area contributed by atoms with Crippen LogP contribution in [0.3, 0.4) is 0 Å². The monoisotopic (exact) mass is 154 g/mol. The number of hydrogen-bond acceptors (Lipinski definition) is 1. The molecule has 0 aliphatic heterocycles. The van der Waals surface area contributed by atoms with Crippen LogP contribution < -0.4 is 0 Å². The van der Waals surface area contributed by atoms with Gasteiger partial charge in [-0.1, -0.05) is 0 Å². The van der Waals surface area contributed by atoms with E-state index < -0.39 is 14.2 Å². The molecule has 1 N–H and O–H groups in total. The fourth-order valence-electron chi connectivity index (χ4n) is 0.101. The summed E-state index contributed by atoms with van der Waals surface area (Å²) in [7, 11) is 0. The van der Waals surface area contributed by atoms with E-state index in [1.807, 2.05) is 0 Å². The molecule has 0 saturated heterocycles. The van der Waals surface area contributed by atoms with Gasteiger partial charge in [0.25, 0.3) is 0 Å². The first-order valence-electron chi connectivity index (χ1n) is 1.45. The molecule has 0 saturated carbocycles. The van der Waals surface area contributed by atoms with Gasteiger partial charge >= 0.3 is 40.2 Å². The van der Waals surface area contributed by atoms with Crippen LogP contribution in [-0.4, -0.2) is 18.4 Å². The summed E-state index contributed by atoms with van der Waals surface area (Å²) in [4.78, 5) is 0. The van der Waals surface area contributed by atoms with E-state index in [2.05, 4.69) is 6.58 Å². The molecule has 0 aliphatic rings. The third kappa shape index (κ3) is 4.02. The molecule has 0 bridgehead atoms. The van der Waals surface area contributed by atoms with Crippen LogP contribution in [0.15, 0.2) is 12.7 Å². The molecule has 1 atom stereocenters. The molecule has 0 rings (SSSR count). The third-order valence-electron chi connectivity index (χ3n) is 0.260. The fraction of sp³-hybridized carbons (Fsp3) is 0.333. The van der Waals surface area contributed by atoms with E-state index in [4.69, 9.17) is 4.19 Å². The van der Waals surface area contributed by atoms with Gasteiger partial charge in [-0.2, -0.15) is 0 Å². The standard InChI is InChI=1S/C3H6O2Se/c1-2-3-6(4)5/h2H,1,3H2,(H,4,5). The summed E-state index contributed by atoms with van der Waals surface area (Å²) in [6, 6.07) is 0. The first-order valence-corrected chi connectivity index (χ1v) is 4.13. The molecule has 0 spiro atoms. The number of allylic oxidation sites excluding steroid dienone is 1. The van der Waals surface area contributed by atoms with Crippen LogP contribution in [0.5, 0.6) is 0 Å². The van der Waals surface area contributed by atoms with Gasteiger partial charge in [0, 0.05) is 0 Å². The summed E-state index contributed by atoms with van der Waals surface area (Å²) in [6.45, 7) is 3.27.